The monoisotopic (exact) mass is 970 g/mol. The Morgan fingerprint density at radius 3 is 0.553 bits per heavy atom. The van der Waals surface area contributed by atoms with E-state index < -0.39 is 0 Å². The van der Waals surface area contributed by atoms with E-state index in [0.717, 1.165) is 0 Å². The lowest BCUT2D eigenvalue weighted by molar-refractivity contribution is 1.45. The second-order valence-corrected chi connectivity index (χ2v) is 20.3. The predicted molar refractivity (Wildman–Crippen MR) is 325 cm³/mol. The summed E-state index contributed by atoms with van der Waals surface area (Å²) in [5.41, 5.74) is 31.3. The highest BCUT2D eigenvalue weighted by atomic mass is 14.3. The Hall–Kier alpha value is -9.36. The van der Waals surface area contributed by atoms with Crippen LogP contribution in [-0.2, 0) is 0 Å². The maximum absolute atomic E-state index is 2.45. The first kappa shape index (κ1) is 47.6. The Labute approximate surface area is 449 Å². The standard InChI is InChI=1S/C76H58/c1-51-25-33-57(34-26-51)67-49-69(73(65-37-29-53(3)30-38-65)75(63-21-13-7-14-22-63)71(67)61-17-9-5-10-18-61)59-45-41-55(42-46-59)56-43-47-60(48-44-56)70-50-68(58-35-27-52(2)28-36-58)72(62-19-11-6-12-20-62)76(64-23-15-8-16-24-64)74(70)66-39-31-54(4)32-40-66/h5-50H,1-4H3. The van der Waals surface area contributed by atoms with Crippen LogP contribution in [0.5, 0.6) is 0 Å². The normalized spacial score (nSPS) is 11.2. The van der Waals surface area contributed by atoms with E-state index >= 15 is 0 Å². The summed E-state index contributed by atoms with van der Waals surface area (Å²) in [6.45, 7) is 8.65. The number of hydrogen-bond acceptors (Lipinski definition) is 0. The van der Waals surface area contributed by atoms with Gasteiger partial charge in [0.05, 0.1) is 0 Å². The molecule has 12 rings (SSSR count). The van der Waals surface area contributed by atoms with Crippen molar-refractivity contribution < 1.29 is 0 Å². The van der Waals surface area contributed by atoms with Crippen LogP contribution in [0, 0.1) is 27.7 Å². The van der Waals surface area contributed by atoms with E-state index in [9.17, 15) is 0 Å². The van der Waals surface area contributed by atoms with Gasteiger partial charge in [0, 0.05) is 0 Å². The average Bonchev–Trinajstić information content (AvgIpc) is 3.53. The predicted octanol–water partition coefficient (Wildman–Crippen LogP) is 21.3. The second-order valence-electron chi connectivity index (χ2n) is 20.3. The van der Waals surface area contributed by atoms with Crippen LogP contribution in [0.3, 0.4) is 0 Å². The highest BCUT2D eigenvalue weighted by Gasteiger charge is 2.26. The maximum Gasteiger partial charge on any atom is -0.00143 e. The molecule has 0 radical (unpaired) electrons. The van der Waals surface area contributed by atoms with Gasteiger partial charge in [0.15, 0.2) is 0 Å². The lowest BCUT2D eigenvalue weighted by atomic mass is 9.78. The van der Waals surface area contributed by atoms with Crippen molar-refractivity contribution in [2.45, 2.75) is 27.7 Å². The van der Waals surface area contributed by atoms with Crippen molar-refractivity contribution in [3.63, 3.8) is 0 Å². The van der Waals surface area contributed by atoms with Gasteiger partial charge in [-0.1, -0.05) is 289 Å². The molecule has 0 unspecified atom stereocenters. The van der Waals surface area contributed by atoms with Crippen LogP contribution in [0.4, 0.5) is 0 Å². The van der Waals surface area contributed by atoms with E-state index in [2.05, 4.69) is 307 Å². The third kappa shape index (κ3) is 9.43. The fourth-order valence-electron chi connectivity index (χ4n) is 11.1. The Balaban J connectivity index is 1.03. The fraction of sp³-hybridized carbons (Fsp3) is 0.0526. The Morgan fingerprint density at radius 2 is 0.316 bits per heavy atom. The van der Waals surface area contributed by atoms with E-state index in [1.165, 1.54) is 145 Å². The second kappa shape index (κ2) is 20.9. The van der Waals surface area contributed by atoms with Crippen LogP contribution in [0.25, 0.3) is 122 Å². The summed E-state index contributed by atoms with van der Waals surface area (Å²) in [6, 6.07) is 103. The lowest BCUT2D eigenvalue weighted by Gasteiger charge is -2.25. The van der Waals surface area contributed by atoms with E-state index in [-0.39, 0.29) is 0 Å². The van der Waals surface area contributed by atoms with E-state index in [0.29, 0.717) is 0 Å². The van der Waals surface area contributed by atoms with Crippen LogP contribution in [0.1, 0.15) is 22.3 Å². The molecule has 0 saturated carbocycles. The minimum atomic E-state index is 1.17. The van der Waals surface area contributed by atoms with Gasteiger partial charge >= 0.3 is 0 Å². The van der Waals surface area contributed by atoms with Gasteiger partial charge in [-0.2, -0.15) is 0 Å². The minimum Gasteiger partial charge on any atom is -0.0622 e. The molecule has 76 heavy (non-hydrogen) atoms. The third-order valence-corrected chi connectivity index (χ3v) is 15.0. The smallest absolute Gasteiger partial charge is 0.00143 e. The molecule has 0 aromatic heterocycles. The largest absolute Gasteiger partial charge is 0.0622 e. The maximum atomic E-state index is 2.45. The molecule has 12 aromatic carbocycles. The summed E-state index contributed by atoms with van der Waals surface area (Å²) in [4.78, 5) is 0. The molecular weight excluding hydrogens is 913 g/mol. The quantitative estimate of drug-likeness (QED) is 0.121. The number of benzene rings is 12. The van der Waals surface area contributed by atoms with Crippen LogP contribution in [0.2, 0.25) is 0 Å². The molecule has 0 spiro atoms. The van der Waals surface area contributed by atoms with Gasteiger partial charge in [-0.15, -0.1) is 0 Å². The molecule has 0 nitrogen and oxygen atoms in total. The van der Waals surface area contributed by atoms with Gasteiger partial charge in [0.1, 0.15) is 0 Å². The first-order valence-corrected chi connectivity index (χ1v) is 26.5. The summed E-state index contributed by atoms with van der Waals surface area (Å²) in [6.07, 6.45) is 0. The number of hydrogen-bond donors (Lipinski definition) is 0. The minimum absolute atomic E-state index is 1.17. The lowest BCUT2D eigenvalue weighted by Crippen LogP contribution is -1.98. The first-order valence-electron chi connectivity index (χ1n) is 26.5. The zero-order chi connectivity index (χ0) is 51.5. The van der Waals surface area contributed by atoms with Crippen LogP contribution >= 0.6 is 0 Å². The van der Waals surface area contributed by atoms with Crippen molar-refractivity contribution in [2.75, 3.05) is 0 Å². The molecule has 0 heteroatoms. The number of rotatable bonds is 11. The van der Waals surface area contributed by atoms with Crippen molar-refractivity contribution in [3.8, 4) is 122 Å². The van der Waals surface area contributed by atoms with Crippen molar-refractivity contribution in [2.24, 2.45) is 0 Å². The Kier molecular flexibility index (Phi) is 13.1. The van der Waals surface area contributed by atoms with Crippen molar-refractivity contribution in [1.82, 2.24) is 0 Å². The molecular formula is C76H58. The topological polar surface area (TPSA) is 0 Å². The highest BCUT2D eigenvalue weighted by molar-refractivity contribution is 6.09. The van der Waals surface area contributed by atoms with Crippen molar-refractivity contribution in [1.29, 1.82) is 0 Å². The van der Waals surface area contributed by atoms with Crippen molar-refractivity contribution in [3.05, 3.63) is 301 Å². The Bertz CT molecular complexity index is 3680. The summed E-state index contributed by atoms with van der Waals surface area (Å²) in [5.74, 6) is 0. The molecule has 0 atom stereocenters. The molecule has 0 heterocycles. The summed E-state index contributed by atoms with van der Waals surface area (Å²) >= 11 is 0. The van der Waals surface area contributed by atoms with Gasteiger partial charge in [-0.25, -0.2) is 0 Å². The van der Waals surface area contributed by atoms with Gasteiger partial charge < -0.3 is 0 Å². The highest BCUT2D eigenvalue weighted by Crippen LogP contribution is 2.52. The zero-order valence-electron chi connectivity index (χ0n) is 43.6. The molecule has 0 bridgehead atoms. The third-order valence-electron chi connectivity index (χ3n) is 15.0. The van der Waals surface area contributed by atoms with E-state index in [1.54, 1.807) is 0 Å². The first-order chi connectivity index (χ1) is 37.3. The number of aryl methyl sites for hydroxylation is 4. The molecule has 0 aliphatic carbocycles. The molecule has 362 valence electrons. The molecule has 0 amide bonds. The molecule has 0 saturated heterocycles. The molecule has 12 aromatic rings. The average molecular weight is 971 g/mol. The van der Waals surface area contributed by atoms with E-state index in [4.69, 9.17) is 0 Å². The van der Waals surface area contributed by atoms with Gasteiger partial charge in [-0.3, -0.25) is 0 Å². The molecule has 0 fully saturated rings. The van der Waals surface area contributed by atoms with Gasteiger partial charge in [0.2, 0.25) is 0 Å². The Morgan fingerprint density at radius 1 is 0.145 bits per heavy atom. The molecule has 0 N–H and O–H groups in total. The van der Waals surface area contributed by atoms with Gasteiger partial charge in [-0.05, 0) is 162 Å². The molecule has 0 aliphatic heterocycles. The zero-order valence-corrected chi connectivity index (χ0v) is 43.6. The van der Waals surface area contributed by atoms with Crippen LogP contribution in [0.15, 0.2) is 279 Å². The van der Waals surface area contributed by atoms with E-state index in [1.807, 2.05) is 0 Å². The van der Waals surface area contributed by atoms with Gasteiger partial charge in [0.25, 0.3) is 0 Å². The SMILES string of the molecule is Cc1ccc(-c2cc(-c3ccc(-c4ccc(-c5cc(-c6ccc(C)cc6)c(-c6ccccc6)c(-c6ccccc6)c5-c5ccc(C)cc5)cc4)cc3)c(-c3ccc(C)cc3)c(-c3ccccc3)c2-c2ccccc2)cc1. The summed E-state index contributed by atoms with van der Waals surface area (Å²) < 4.78 is 0. The molecule has 0 aliphatic rings. The van der Waals surface area contributed by atoms with Crippen LogP contribution in [-0.4, -0.2) is 0 Å². The van der Waals surface area contributed by atoms with Crippen molar-refractivity contribution >= 4 is 0 Å². The van der Waals surface area contributed by atoms with Crippen LogP contribution < -0.4 is 0 Å². The fourth-order valence-corrected chi connectivity index (χ4v) is 11.1. The summed E-state index contributed by atoms with van der Waals surface area (Å²) in [5, 5.41) is 0. The summed E-state index contributed by atoms with van der Waals surface area (Å²) in [7, 11) is 0.